The van der Waals surface area contributed by atoms with Gasteiger partial charge in [-0.1, -0.05) is 0 Å². The van der Waals surface area contributed by atoms with Crippen molar-refractivity contribution in [1.29, 1.82) is 10.7 Å². The van der Waals surface area contributed by atoms with Crippen molar-refractivity contribution >= 4 is 5.96 Å². The van der Waals surface area contributed by atoms with Gasteiger partial charge in [0.1, 0.15) is 0 Å². The molecule has 4 nitrogen and oxygen atoms in total. The summed E-state index contributed by atoms with van der Waals surface area (Å²) in [5.74, 6) is 0.0373. The summed E-state index contributed by atoms with van der Waals surface area (Å²) in [7, 11) is 0. The zero-order valence-electron chi connectivity index (χ0n) is 6.96. The Kier molecular flexibility index (Phi) is 4.04. The van der Waals surface area contributed by atoms with Crippen LogP contribution in [0.1, 0.15) is 20.3 Å². The third kappa shape index (κ3) is 3.46. The average Bonchev–Trinajstić information content (AvgIpc) is 1.87. The third-order valence-corrected chi connectivity index (χ3v) is 1.40. The summed E-state index contributed by atoms with van der Waals surface area (Å²) >= 11 is 0. The first-order chi connectivity index (χ1) is 5.09. The maximum Gasteiger partial charge on any atom is 0.188 e. The zero-order chi connectivity index (χ0) is 8.85. The van der Waals surface area contributed by atoms with Crippen LogP contribution in [-0.4, -0.2) is 23.4 Å². The first-order valence-electron chi connectivity index (χ1n) is 3.57. The molecule has 0 aromatic rings. The molecular formula is C7H14N4. The highest BCUT2D eigenvalue weighted by atomic mass is 15.2. The lowest BCUT2D eigenvalue weighted by Gasteiger charge is -2.25. The topological polar surface area (TPSA) is 76.9 Å². The minimum atomic E-state index is 0.0373. The van der Waals surface area contributed by atoms with Gasteiger partial charge in [-0.25, -0.2) is 0 Å². The van der Waals surface area contributed by atoms with Crippen molar-refractivity contribution < 1.29 is 0 Å². The maximum atomic E-state index is 8.29. The van der Waals surface area contributed by atoms with Gasteiger partial charge < -0.3 is 10.6 Å². The molecule has 0 aliphatic rings. The number of nitrogens with two attached hydrogens (primary N) is 1. The summed E-state index contributed by atoms with van der Waals surface area (Å²) < 4.78 is 0. The van der Waals surface area contributed by atoms with Crippen LogP contribution < -0.4 is 5.73 Å². The van der Waals surface area contributed by atoms with Gasteiger partial charge in [0, 0.05) is 12.6 Å². The van der Waals surface area contributed by atoms with E-state index < -0.39 is 0 Å². The van der Waals surface area contributed by atoms with Crippen LogP contribution in [0.15, 0.2) is 0 Å². The highest BCUT2D eigenvalue weighted by Crippen LogP contribution is 1.97. The first-order valence-corrected chi connectivity index (χ1v) is 3.57. The van der Waals surface area contributed by atoms with E-state index in [1.54, 1.807) is 4.90 Å². The molecule has 0 aromatic heterocycles. The molecule has 0 saturated heterocycles. The largest absolute Gasteiger partial charge is 0.370 e. The smallest absolute Gasteiger partial charge is 0.188 e. The Hall–Kier alpha value is -1.24. The number of nitriles is 1. The fraction of sp³-hybridized carbons (Fsp3) is 0.714. The van der Waals surface area contributed by atoms with Crippen molar-refractivity contribution in [3.8, 4) is 6.07 Å². The molecule has 4 heteroatoms. The summed E-state index contributed by atoms with van der Waals surface area (Å²) in [6, 6.07) is 2.21. The lowest BCUT2D eigenvalue weighted by molar-refractivity contribution is 0.351. The van der Waals surface area contributed by atoms with Crippen LogP contribution in [0.3, 0.4) is 0 Å². The van der Waals surface area contributed by atoms with E-state index in [4.69, 9.17) is 16.4 Å². The summed E-state index contributed by atoms with van der Waals surface area (Å²) in [6.45, 7) is 4.43. The second-order valence-corrected chi connectivity index (χ2v) is 2.58. The van der Waals surface area contributed by atoms with E-state index >= 15 is 0 Å². The summed E-state index contributed by atoms with van der Waals surface area (Å²) in [5.41, 5.74) is 5.28. The van der Waals surface area contributed by atoms with E-state index in [0.717, 1.165) is 0 Å². The van der Waals surface area contributed by atoms with Gasteiger partial charge in [0.2, 0.25) is 0 Å². The Morgan fingerprint density at radius 1 is 1.73 bits per heavy atom. The normalized spacial score (nSPS) is 9.27. The summed E-state index contributed by atoms with van der Waals surface area (Å²) in [5, 5.41) is 15.4. The second-order valence-electron chi connectivity index (χ2n) is 2.58. The van der Waals surface area contributed by atoms with E-state index in [2.05, 4.69) is 0 Å². The van der Waals surface area contributed by atoms with Crippen LogP contribution >= 0.6 is 0 Å². The van der Waals surface area contributed by atoms with Crippen molar-refractivity contribution in [3.05, 3.63) is 0 Å². The number of hydrogen-bond donors (Lipinski definition) is 2. The standard InChI is InChI=1S/C7H14N4/c1-6(2)11(7(9)10)5-3-4-8/h6H,3,5H2,1-2H3,(H3,9,10). The molecule has 0 aromatic carbocycles. The Labute approximate surface area is 67.1 Å². The highest BCUT2D eigenvalue weighted by molar-refractivity contribution is 5.74. The predicted octanol–water partition coefficient (Wildman–Crippen LogP) is 0.504. The monoisotopic (exact) mass is 154 g/mol. The molecule has 62 valence electrons. The third-order valence-electron chi connectivity index (χ3n) is 1.40. The van der Waals surface area contributed by atoms with Crippen molar-refractivity contribution in [2.45, 2.75) is 26.3 Å². The van der Waals surface area contributed by atoms with Gasteiger partial charge in [-0.2, -0.15) is 5.26 Å². The summed E-state index contributed by atoms with van der Waals surface area (Å²) in [4.78, 5) is 1.68. The van der Waals surface area contributed by atoms with Crippen molar-refractivity contribution in [2.24, 2.45) is 5.73 Å². The van der Waals surface area contributed by atoms with Crippen molar-refractivity contribution in [2.75, 3.05) is 6.54 Å². The number of guanidine groups is 1. The fourth-order valence-corrected chi connectivity index (χ4v) is 0.827. The second kappa shape index (κ2) is 4.56. The van der Waals surface area contributed by atoms with Crippen LogP contribution in [0.4, 0.5) is 0 Å². The molecule has 3 N–H and O–H groups in total. The van der Waals surface area contributed by atoms with Gasteiger partial charge >= 0.3 is 0 Å². The summed E-state index contributed by atoms with van der Waals surface area (Å²) in [6.07, 6.45) is 0.414. The Balaban J connectivity index is 3.92. The van der Waals surface area contributed by atoms with Gasteiger partial charge in [-0.3, -0.25) is 5.41 Å². The molecule has 0 aliphatic heterocycles. The number of nitrogens with one attached hydrogen (secondary N) is 1. The molecule has 0 amide bonds. The molecule has 0 bridgehead atoms. The van der Waals surface area contributed by atoms with E-state index in [0.29, 0.717) is 13.0 Å². The number of hydrogen-bond acceptors (Lipinski definition) is 2. The molecular weight excluding hydrogens is 140 g/mol. The molecule has 0 atom stereocenters. The lowest BCUT2D eigenvalue weighted by Crippen LogP contribution is -2.41. The number of nitrogens with zero attached hydrogens (tertiary/aromatic N) is 2. The molecule has 0 unspecified atom stereocenters. The maximum absolute atomic E-state index is 8.29. The van der Waals surface area contributed by atoms with Crippen LogP contribution in [0, 0.1) is 16.7 Å². The lowest BCUT2D eigenvalue weighted by atomic mass is 10.3. The number of rotatable bonds is 3. The van der Waals surface area contributed by atoms with Gasteiger partial charge in [0.25, 0.3) is 0 Å². The van der Waals surface area contributed by atoms with Gasteiger partial charge in [0.05, 0.1) is 12.5 Å². The minimum Gasteiger partial charge on any atom is -0.370 e. The van der Waals surface area contributed by atoms with Gasteiger partial charge in [-0.15, -0.1) is 0 Å². The Morgan fingerprint density at radius 3 is 2.55 bits per heavy atom. The van der Waals surface area contributed by atoms with E-state index in [1.807, 2.05) is 19.9 Å². The van der Waals surface area contributed by atoms with E-state index in [9.17, 15) is 0 Å². The molecule has 11 heavy (non-hydrogen) atoms. The predicted molar refractivity (Wildman–Crippen MR) is 44.0 cm³/mol. The SMILES string of the molecule is CC(C)N(CCC#N)C(=N)N. The fourth-order valence-electron chi connectivity index (χ4n) is 0.827. The Morgan fingerprint density at radius 2 is 2.27 bits per heavy atom. The molecule has 0 saturated carbocycles. The Bertz CT molecular complexity index is 168. The molecule has 0 spiro atoms. The van der Waals surface area contributed by atoms with Crippen LogP contribution in [0.25, 0.3) is 0 Å². The van der Waals surface area contributed by atoms with Crippen LogP contribution in [0.5, 0.6) is 0 Å². The molecule has 0 aliphatic carbocycles. The van der Waals surface area contributed by atoms with Crippen LogP contribution in [0.2, 0.25) is 0 Å². The van der Waals surface area contributed by atoms with Gasteiger partial charge in [0.15, 0.2) is 5.96 Å². The van der Waals surface area contributed by atoms with E-state index in [1.165, 1.54) is 0 Å². The first kappa shape index (κ1) is 9.76. The van der Waals surface area contributed by atoms with Gasteiger partial charge in [-0.05, 0) is 13.8 Å². The van der Waals surface area contributed by atoms with E-state index in [-0.39, 0.29) is 12.0 Å². The molecule has 0 fully saturated rings. The molecule has 0 rings (SSSR count). The van der Waals surface area contributed by atoms with Crippen LogP contribution in [-0.2, 0) is 0 Å². The molecule has 0 heterocycles. The quantitative estimate of drug-likeness (QED) is 0.459. The highest BCUT2D eigenvalue weighted by Gasteiger charge is 2.08. The average molecular weight is 154 g/mol. The molecule has 0 radical (unpaired) electrons. The zero-order valence-corrected chi connectivity index (χ0v) is 6.96. The minimum absolute atomic E-state index is 0.0373. The van der Waals surface area contributed by atoms with Crippen molar-refractivity contribution in [1.82, 2.24) is 4.90 Å². The van der Waals surface area contributed by atoms with Crippen molar-refractivity contribution in [3.63, 3.8) is 0 Å².